The molecule has 0 spiro atoms. The van der Waals surface area contributed by atoms with E-state index in [4.69, 9.17) is 0 Å². The van der Waals surface area contributed by atoms with Crippen molar-refractivity contribution in [3.63, 3.8) is 0 Å². The monoisotopic (exact) mass is 331 g/mol. The third-order valence-electron chi connectivity index (χ3n) is 3.74. The van der Waals surface area contributed by atoms with Crippen LogP contribution in [0.15, 0.2) is 18.2 Å². The van der Waals surface area contributed by atoms with Crippen LogP contribution in [-0.2, 0) is 11.0 Å². The van der Waals surface area contributed by atoms with Gasteiger partial charge in [-0.15, -0.1) is 0 Å². The number of nitrogens with zero attached hydrogens (tertiary/aromatic N) is 1. The third kappa shape index (κ3) is 4.33. The molecule has 0 aromatic heterocycles. The highest BCUT2D eigenvalue weighted by molar-refractivity contribution is 5.79. The molecule has 1 amide bonds. The Morgan fingerprint density at radius 3 is 2.52 bits per heavy atom. The maximum atomic E-state index is 12.6. The van der Waals surface area contributed by atoms with E-state index in [-0.39, 0.29) is 30.6 Å². The summed E-state index contributed by atoms with van der Waals surface area (Å²) in [6, 6.07) is 2.30. The van der Waals surface area contributed by atoms with E-state index in [9.17, 15) is 28.1 Å². The van der Waals surface area contributed by atoms with Gasteiger partial charge in [-0.2, -0.15) is 13.2 Å². The number of hydrogen-bond acceptors (Lipinski definition) is 4. The van der Waals surface area contributed by atoms with E-state index in [2.05, 4.69) is 10.6 Å². The molecule has 2 rings (SSSR count). The predicted molar refractivity (Wildman–Crippen MR) is 76.9 cm³/mol. The highest BCUT2D eigenvalue weighted by Gasteiger charge is 2.33. The van der Waals surface area contributed by atoms with Crippen LogP contribution < -0.4 is 10.6 Å². The van der Waals surface area contributed by atoms with Gasteiger partial charge in [0.25, 0.3) is 5.69 Å². The third-order valence-corrected chi connectivity index (χ3v) is 3.74. The van der Waals surface area contributed by atoms with Gasteiger partial charge in [0.15, 0.2) is 0 Å². The number of anilines is 1. The summed E-state index contributed by atoms with van der Waals surface area (Å²) in [5.41, 5.74) is -1.74. The molecule has 9 heteroatoms. The Morgan fingerprint density at radius 1 is 1.30 bits per heavy atom. The summed E-state index contributed by atoms with van der Waals surface area (Å²) in [5, 5.41) is 16.3. The normalized spacial score (nSPS) is 14.9. The number of carbonyl (C=O) groups is 1. The standard InChI is InChI=1S/C14H16F3N3O3/c15-14(16,17)10-4-5-11(12(8-10)20(22)23)18-6-7-19-13(21)9-2-1-3-9/h4-5,8-9,18H,1-3,6-7H2,(H,19,21). The summed E-state index contributed by atoms with van der Waals surface area (Å²) >= 11 is 0. The molecule has 1 aliphatic carbocycles. The van der Waals surface area contributed by atoms with Crippen LogP contribution in [0.4, 0.5) is 24.5 Å². The minimum atomic E-state index is -4.64. The molecular weight excluding hydrogens is 315 g/mol. The zero-order chi connectivity index (χ0) is 17.0. The van der Waals surface area contributed by atoms with E-state index >= 15 is 0 Å². The first-order valence-electron chi connectivity index (χ1n) is 7.16. The lowest BCUT2D eigenvalue weighted by Crippen LogP contribution is -2.36. The molecule has 0 aliphatic heterocycles. The van der Waals surface area contributed by atoms with Crippen LogP contribution in [0, 0.1) is 16.0 Å². The Bertz CT molecular complexity index is 601. The number of hydrogen-bond donors (Lipinski definition) is 2. The van der Waals surface area contributed by atoms with E-state index in [1.165, 1.54) is 0 Å². The summed E-state index contributed by atoms with van der Waals surface area (Å²) in [6.45, 7) is 0.429. The van der Waals surface area contributed by atoms with E-state index in [1.54, 1.807) is 0 Å². The number of rotatable bonds is 6. The lowest BCUT2D eigenvalue weighted by atomic mass is 9.85. The van der Waals surface area contributed by atoms with Crippen molar-refractivity contribution in [2.45, 2.75) is 25.4 Å². The van der Waals surface area contributed by atoms with Crippen LogP contribution in [0.1, 0.15) is 24.8 Å². The van der Waals surface area contributed by atoms with Crippen molar-refractivity contribution in [2.75, 3.05) is 18.4 Å². The largest absolute Gasteiger partial charge is 0.416 e. The number of nitro groups is 1. The summed E-state index contributed by atoms with van der Waals surface area (Å²) in [6.07, 6.45) is -1.87. The van der Waals surface area contributed by atoms with Gasteiger partial charge < -0.3 is 10.6 Å². The average Bonchev–Trinajstić information content (AvgIpc) is 2.40. The molecule has 1 saturated carbocycles. The molecule has 126 valence electrons. The van der Waals surface area contributed by atoms with Crippen molar-refractivity contribution in [1.82, 2.24) is 5.32 Å². The molecule has 0 saturated heterocycles. The van der Waals surface area contributed by atoms with Crippen LogP contribution in [0.2, 0.25) is 0 Å². The molecular formula is C14H16F3N3O3. The van der Waals surface area contributed by atoms with E-state index in [0.717, 1.165) is 31.4 Å². The molecule has 0 atom stereocenters. The molecule has 23 heavy (non-hydrogen) atoms. The molecule has 1 aliphatic rings. The Hall–Kier alpha value is -2.32. The molecule has 1 fully saturated rings. The number of benzene rings is 1. The van der Waals surface area contributed by atoms with Gasteiger partial charge in [-0.1, -0.05) is 6.42 Å². The van der Waals surface area contributed by atoms with Gasteiger partial charge in [0.05, 0.1) is 10.5 Å². The second-order valence-electron chi connectivity index (χ2n) is 5.33. The van der Waals surface area contributed by atoms with Crippen molar-refractivity contribution >= 4 is 17.3 Å². The molecule has 0 bridgehead atoms. The van der Waals surface area contributed by atoms with Crippen LogP contribution in [0.25, 0.3) is 0 Å². The topological polar surface area (TPSA) is 84.3 Å². The first kappa shape index (κ1) is 17.0. The average molecular weight is 331 g/mol. The lowest BCUT2D eigenvalue weighted by molar-refractivity contribution is -0.384. The molecule has 0 unspecified atom stereocenters. The van der Waals surface area contributed by atoms with E-state index < -0.39 is 22.4 Å². The first-order valence-corrected chi connectivity index (χ1v) is 7.16. The van der Waals surface area contributed by atoms with Gasteiger partial charge >= 0.3 is 6.18 Å². The van der Waals surface area contributed by atoms with Crippen LogP contribution in [0.5, 0.6) is 0 Å². The number of carbonyl (C=O) groups excluding carboxylic acids is 1. The predicted octanol–water partition coefficient (Wildman–Crippen LogP) is 2.94. The van der Waals surface area contributed by atoms with Gasteiger partial charge in [-0.05, 0) is 25.0 Å². The van der Waals surface area contributed by atoms with Gasteiger partial charge in [-0.25, -0.2) is 0 Å². The second-order valence-corrected chi connectivity index (χ2v) is 5.33. The number of amides is 1. The maximum Gasteiger partial charge on any atom is 0.416 e. The van der Waals surface area contributed by atoms with Crippen molar-refractivity contribution in [3.05, 3.63) is 33.9 Å². The van der Waals surface area contributed by atoms with Crippen molar-refractivity contribution < 1.29 is 22.9 Å². The fraction of sp³-hybridized carbons (Fsp3) is 0.500. The summed E-state index contributed by atoms with van der Waals surface area (Å²) in [5.74, 6) is -0.0182. The molecule has 2 N–H and O–H groups in total. The number of nitro benzene ring substituents is 1. The Morgan fingerprint density at radius 2 is 2.00 bits per heavy atom. The molecule has 1 aromatic rings. The highest BCUT2D eigenvalue weighted by Crippen LogP contribution is 2.34. The summed E-state index contributed by atoms with van der Waals surface area (Å²) in [7, 11) is 0. The summed E-state index contributed by atoms with van der Waals surface area (Å²) in [4.78, 5) is 21.6. The zero-order valence-corrected chi connectivity index (χ0v) is 12.2. The van der Waals surface area contributed by atoms with Crippen molar-refractivity contribution in [2.24, 2.45) is 5.92 Å². The van der Waals surface area contributed by atoms with Crippen LogP contribution in [-0.4, -0.2) is 23.9 Å². The Kier molecular flexibility index (Phi) is 5.07. The van der Waals surface area contributed by atoms with Crippen LogP contribution >= 0.6 is 0 Å². The molecule has 0 heterocycles. The number of alkyl halides is 3. The van der Waals surface area contributed by atoms with E-state index in [1.807, 2.05) is 0 Å². The fourth-order valence-corrected chi connectivity index (χ4v) is 2.21. The maximum absolute atomic E-state index is 12.6. The number of halogens is 3. The molecule has 1 aromatic carbocycles. The van der Waals surface area contributed by atoms with Crippen LogP contribution in [0.3, 0.4) is 0 Å². The van der Waals surface area contributed by atoms with Crippen molar-refractivity contribution in [3.8, 4) is 0 Å². The second kappa shape index (κ2) is 6.84. The first-order chi connectivity index (χ1) is 10.8. The highest BCUT2D eigenvalue weighted by atomic mass is 19.4. The Balaban J connectivity index is 1.93. The summed E-state index contributed by atoms with van der Waals surface area (Å²) < 4.78 is 37.7. The zero-order valence-electron chi connectivity index (χ0n) is 12.2. The lowest BCUT2D eigenvalue weighted by Gasteiger charge is -2.24. The molecule has 6 nitrogen and oxygen atoms in total. The number of nitrogens with one attached hydrogen (secondary N) is 2. The van der Waals surface area contributed by atoms with Gasteiger partial charge in [0.1, 0.15) is 5.69 Å². The SMILES string of the molecule is O=C(NCCNc1ccc(C(F)(F)F)cc1[N+](=O)[O-])C1CCC1. The fourth-order valence-electron chi connectivity index (χ4n) is 2.21. The minimum Gasteiger partial charge on any atom is -0.378 e. The van der Waals surface area contributed by atoms with Gasteiger partial charge in [-0.3, -0.25) is 14.9 Å². The van der Waals surface area contributed by atoms with Gasteiger partial charge in [0, 0.05) is 25.1 Å². The quantitative estimate of drug-likeness (QED) is 0.477. The van der Waals surface area contributed by atoms with E-state index in [0.29, 0.717) is 6.07 Å². The van der Waals surface area contributed by atoms with Crippen molar-refractivity contribution in [1.29, 1.82) is 0 Å². The smallest absolute Gasteiger partial charge is 0.378 e. The Labute approximate surface area is 130 Å². The van der Waals surface area contributed by atoms with Gasteiger partial charge in [0.2, 0.25) is 5.91 Å². The minimum absolute atomic E-state index is 0.0131. The molecule has 0 radical (unpaired) electrons.